The molecule has 4 N–H and O–H groups in total. The first-order valence-corrected chi connectivity index (χ1v) is 7.62. The molecule has 1 aromatic heterocycles. The Balaban J connectivity index is 1.92. The van der Waals surface area contributed by atoms with E-state index in [0.29, 0.717) is 26.3 Å². The third-order valence-corrected chi connectivity index (χ3v) is 3.93. The molecule has 0 amide bonds. The summed E-state index contributed by atoms with van der Waals surface area (Å²) in [6, 6.07) is 11.6. The van der Waals surface area contributed by atoms with Crippen molar-refractivity contribution >= 4 is 16.7 Å². The van der Waals surface area contributed by atoms with Gasteiger partial charge in [-0.3, -0.25) is 0 Å². The van der Waals surface area contributed by atoms with Crippen LogP contribution in [0, 0.1) is 0 Å². The molecular formula is C17H18N4O2. The Morgan fingerprint density at radius 1 is 1.04 bits per heavy atom. The average Bonchev–Trinajstić information content (AvgIpc) is 2.92. The summed E-state index contributed by atoms with van der Waals surface area (Å²) in [6.07, 6.45) is 0. The minimum atomic E-state index is 0.530. The Kier molecular flexibility index (Phi) is 3.31. The number of rotatable bonds is 3. The van der Waals surface area contributed by atoms with Gasteiger partial charge < -0.3 is 25.5 Å². The number of anilines is 1. The van der Waals surface area contributed by atoms with Gasteiger partial charge >= 0.3 is 0 Å². The standard InChI is InChI=1S/C17H18N4O2/c18-5-6-21-14-10-16-15(22-7-8-23-16)9-13(14)20-17(21)11-1-3-12(19)4-2-11/h1-4,9-10H,5-8,18-19H2. The molecule has 1 aliphatic rings. The van der Waals surface area contributed by atoms with Crippen LogP contribution in [0.4, 0.5) is 5.69 Å². The lowest BCUT2D eigenvalue weighted by Gasteiger charge is -2.18. The Hall–Kier alpha value is -2.73. The molecule has 1 aliphatic heterocycles. The summed E-state index contributed by atoms with van der Waals surface area (Å²) in [4.78, 5) is 4.77. The van der Waals surface area contributed by atoms with Crippen LogP contribution in [0.1, 0.15) is 0 Å². The number of fused-ring (bicyclic) bond motifs is 2. The molecule has 6 heteroatoms. The average molecular weight is 310 g/mol. The van der Waals surface area contributed by atoms with E-state index in [1.807, 2.05) is 36.4 Å². The highest BCUT2D eigenvalue weighted by atomic mass is 16.6. The van der Waals surface area contributed by atoms with E-state index < -0.39 is 0 Å². The van der Waals surface area contributed by atoms with Gasteiger partial charge in [-0.05, 0) is 24.3 Å². The predicted molar refractivity (Wildman–Crippen MR) is 89.6 cm³/mol. The van der Waals surface area contributed by atoms with Gasteiger partial charge in [0.15, 0.2) is 11.5 Å². The van der Waals surface area contributed by atoms with Crippen LogP contribution >= 0.6 is 0 Å². The van der Waals surface area contributed by atoms with Gasteiger partial charge in [0, 0.05) is 36.5 Å². The van der Waals surface area contributed by atoms with E-state index in [0.717, 1.165) is 39.6 Å². The van der Waals surface area contributed by atoms with Crippen molar-refractivity contribution in [1.29, 1.82) is 0 Å². The molecule has 2 heterocycles. The summed E-state index contributed by atoms with van der Waals surface area (Å²) in [7, 11) is 0. The van der Waals surface area contributed by atoms with Crippen molar-refractivity contribution in [3.8, 4) is 22.9 Å². The van der Waals surface area contributed by atoms with Crippen LogP contribution in [0.15, 0.2) is 36.4 Å². The first kappa shape index (κ1) is 13.9. The first-order valence-electron chi connectivity index (χ1n) is 7.62. The number of imidazole rings is 1. The fourth-order valence-corrected chi connectivity index (χ4v) is 2.87. The highest BCUT2D eigenvalue weighted by molar-refractivity contribution is 5.84. The third kappa shape index (κ3) is 2.37. The number of nitrogens with zero attached hydrogens (tertiary/aromatic N) is 2. The molecule has 0 fully saturated rings. The fraction of sp³-hybridized carbons (Fsp3) is 0.235. The maximum Gasteiger partial charge on any atom is 0.163 e. The van der Waals surface area contributed by atoms with Gasteiger partial charge in [-0.2, -0.15) is 0 Å². The number of hydrogen-bond acceptors (Lipinski definition) is 5. The van der Waals surface area contributed by atoms with Crippen molar-refractivity contribution < 1.29 is 9.47 Å². The number of hydrogen-bond donors (Lipinski definition) is 2. The van der Waals surface area contributed by atoms with Gasteiger partial charge in [-0.1, -0.05) is 0 Å². The third-order valence-electron chi connectivity index (χ3n) is 3.93. The Bertz CT molecular complexity index is 855. The number of aromatic nitrogens is 2. The quantitative estimate of drug-likeness (QED) is 0.723. The van der Waals surface area contributed by atoms with E-state index in [4.69, 9.17) is 25.9 Å². The number of ether oxygens (including phenoxy) is 2. The monoisotopic (exact) mass is 310 g/mol. The van der Waals surface area contributed by atoms with E-state index in [-0.39, 0.29) is 0 Å². The van der Waals surface area contributed by atoms with E-state index in [2.05, 4.69) is 4.57 Å². The second kappa shape index (κ2) is 5.48. The zero-order valence-corrected chi connectivity index (χ0v) is 12.7. The molecule has 0 bridgehead atoms. The van der Waals surface area contributed by atoms with E-state index >= 15 is 0 Å². The maximum absolute atomic E-state index is 5.80. The Morgan fingerprint density at radius 2 is 1.74 bits per heavy atom. The Labute approximate surface area is 133 Å². The van der Waals surface area contributed by atoms with Crippen LogP contribution in [0.3, 0.4) is 0 Å². The molecule has 0 unspecified atom stereocenters. The molecule has 23 heavy (non-hydrogen) atoms. The molecule has 2 aromatic carbocycles. The van der Waals surface area contributed by atoms with Crippen LogP contribution in [0.25, 0.3) is 22.4 Å². The van der Waals surface area contributed by atoms with Crippen LogP contribution in [0.2, 0.25) is 0 Å². The van der Waals surface area contributed by atoms with Gasteiger partial charge in [-0.15, -0.1) is 0 Å². The molecule has 0 saturated carbocycles. The molecule has 0 atom stereocenters. The number of nitrogens with two attached hydrogens (primary N) is 2. The van der Waals surface area contributed by atoms with Crippen molar-refractivity contribution in [3.05, 3.63) is 36.4 Å². The lowest BCUT2D eigenvalue weighted by molar-refractivity contribution is 0.172. The molecule has 0 aliphatic carbocycles. The van der Waals surface area contributed by atoms with Crippen molar-refractivity contribution in [2.45, 2.75) is 6.54 Å². The first-order chi connectivity index (χ1) is 11.3. The van der Waals surface area contributed by atoms with E-state index in [1.54, 1.807) is 0 Å². The van der Waals surface area contributed by atoms with Crippen molar-refractivity contribution in [2.75, 3.05) is 25.5 Å². The van der Waals surface area contributed by atoms with Crippen molar-refractivity contribution in [2.24, 2.45) is 5.73 Å². The largest absolute Gasteiger partial charge is 0.486 e. The highest BCUT2D eigenvalue weighted by Crippen LogP contribution is 2.36. The molecule has 6 nitrogen and oxygen atoms in total. The van der Waals surface area contributed by atoms with Gasteiger partial charge in [-0.25, -0.2) is 4.98 Å². The lowest BCUT2D eigenvalue weighted by atomic mass is 10.2. The van der Waals surface area contributed by atoms with E-state index in [1.165, 1.54) is 0 Å². The number of benzene rings is 2. The molecule has 4 rings (SSSR count). The summed E-state index contributed by atoms with van der Waals surface area (Å²) in [6.45, 7) is 2.33. The van der Waals surface area contributed by atoms with Crippen LogP contribution in [-0.4, -0.2) is 29.3 Å². The maximum atomic E-state index is 5.80. The highest BCUT2D eigenvalue weighted by Gasteiger charge is 2.18. The zero-order chi connectivity index (χ0) is 15.8. The minimum Gasteiger partial charge on any atom is -0.486 e. The van der Waals surface area contributed by atoms with Crippen LogP contribution in [0.5, 0.6) is 11.5 Å². The number of nitrogen functional groups attached to an aromatic ring is 1. The topological polar surface area (TPSA) is 88.3 Å². The summed E-state index contributed by atoms with van der Waals surface area (Å²) in [5.74, 6) is 2.36. The molecular weight excluding hydrogens is 292 g/mol. The summed E-state index contributed by atoms with van der Waals surface area (Å²) in [5, 5.41) is 0. The normalized spacial score (nSPS) is 13.4. The second-order valence-electron chi connectivity index (χ2n) is 5.48. The summed E-state index contributed by atoms with van der Waals surface area (Å²) < 4.78 is 13.4. The smallest absolute Gasteiger partial charge is 0.163 e. The summed E-state index contributed by atoms with van der Waals surface area (Å²) in [5.41, 5.74) is 15.2. The molecule has 0 spiro atoms. The predicted octanol–water partition coefficient (Wildman–Crippen LogP) is 2.02. The second-order valence-corrected chi connectivity index (χ2v) is 5.48. The zero-order valence-electron chi connectivity index (χ0n) is 12.7. The lowest BCUT2D eigenvalue weighted by Crippen LogP contribution is -2.15. The van der Waals surface area contributed by atoms with Crippen molar-refractivity contribution in [3.63, 3.8) is 0 Å². The SMILES string of the molecule is NCCn1c(-c2ccc(N)cc2)nc2cc3c(cc21)OCCO3. The van der Waals surface area contributed by atoms with E-state index in [9.17, 15) is 0 Å². The molecule has 0 radical (unpaired) electrons. The molecule has 118 valence electrons. The fourth-order valence-electron chi connectivity index (χ4n) is 2.87. The van der Waals surface area contributed by atoms with Crippen LogP contribution in [-0.2, 0) is 6.54 Å². The van der Waals surface area contributed by atoms with Gasteiger partial charge in [0.1, 0.15) is 19.0 Å². The summed E-state index contributed by atoms with van der Waals surface area (Å²) >= 11 is 0. The molecule has 3 aromatic rings. The Morgan fingerprint density at radius 3 is 2.43 bits per heavy atom. The van der Waals surface area contributed by atoms with Crippen LogP contribution < -0.4 is 20.9 Å². The van der Waals surface area contributed by atoms with Gasteiger partial charge in [0.05, 0.1) is 11.0 Å². The van der Waals surface area contributed by atoms with Crippen molar-refractivity contribution in [1.82, 2.24) is 9.55 Å². The van der Waals surface area contributed by atoms with Gasteiger partial charge in [0.25, 0.3) is 0 Å². The molecule has 0 saturated heterocycles. The van der Waals surface area contributed by atoms with Gasteiger partial charge in [0.2, 0.25) is 0 Å². The minimum absolute atomic E-state index is 0.530.